The van der Waals surface area contributed by atoms with Crippen LogP contribution in [-0.2, 0) is 0 Å². The zero-order valence-corrected chi connectivity index (χ0v) is 15.2. The number of aromatic hydroxyl groups is 1. The van der Waals surface area contributed by atoms with Gasteiger partial charge in [-0.3, -0.25) is 4.98 Å². The van der Waals surface area contributed by atoms with Crippen LogP contribution >= 0.6 is 12.2 Å². The maximum absolute atomic E-state index is 9.59. The topological polar surface area (TPSA) is 53.3 Å². The third kappa shape index (κ3) is 2.82. The van der Waals surface area contributed by atoms with Crippen LogP contribution in [0.4, 0.5) is 0 Å². The van der Waals surface area contributed by atoms with Crippen LogP contribution in [0.15, 0.2) is 67.0 Å². The summed E-state index contributed by atoms with van der Waals surface area (Å²) in [7, 11) is 0. The Labute approximate surface area is 157 Å². The van der Waals surface area contributed by atoms with Crippen LogP contribution in [0.1, 0.15) is 30.4 Å². The number of nitrogens with one attached hydrogen (secondary N) is 1. The molecule has 1 fully saturated rings. The molecule has 3 aromatic rings. The largest absolute Gasteiger partial charge is 0.508 e. The zero-order chi connectivity index (χ0) is 18.1. The van der Waals surface area contributed by atoms with Crippen LogP contribution in [0.5, 0.6) is 5.75 Å². The van der Waals surface area contributed by atoms with E-state index in [0.29, 0.717) is 0 Å². The molecule has 3 heterocycles. The van der Waals surface area contributed by atoms with Crippen molar-refractivity contribution in [3.05, 3.63) is 78.4 Å². The van der Waals surface area contributed by atoms with Gasteiger partial charge < -0.3 is 19.9 Å². The molecule has 0 spiro atoms. The van der Waals surface area contributed by atoms with Gasteiger partial charge in [-0.15, -0.1) is 0 Å². The van der Waals surface area contributed by atoms with Crippen molar-refractivity contribution in [2.75, 3.05) is 6.54 Å². The van der Waals surface area contributed by atoms with Gasteiger partial charge >= 0.3 is 0 Å². The van der Waals surface area contributed by atoms with E-state index in [-0.39, 0.29) is 17.8 Å². The van der Waals surface area contributed by atoms with Gasteiger partial charge in [0.2, 0.25) is 0 Å². The highest BCUT2D eigenvalue weighted by Gasteiger charge is 2.40. The fourth-order valence-corrected chi connectivity index (χ4v) is 3.92. The third-order valence-corrected chi connectivity index (χ3v) is 5.10. The van der Waals surface area contributed by atoms with Crippen molar-refractivity contribution in [1.29, 1.82) is 0 Å². The van der Waals surface area contributed by atoms with E-state index in [1.165, 1.54) is 0 Å². The highest BCUT2D eigenvalue weighted by atomic mass is 32.1. The van der Waals surface area contributed by atoms with E-state index in [2.05, 4.69) is 32.8 Å². The van der Waals surface area contributed by atoms with Gasteiger partial charge in [0.15, 0.2) is 5.11 Å². The molecule has 1 aliphatic rings. The Kier molecular flexibility index (Phi) is 4.34. The normalized spacial score (nSPS) is 19.6. The number of rotatable bonds is 4. The summed E-state index contributed by atoms with van der Waals surface area (Å²) in [6, 6.07) is 17.3. The molecule has 1 aliphatic heterocycles. The first-order valence-corrected chi connectivity index (χ1v) is 9.04. The lowest BCUT2D eigenvalue weighted by atomic mass is 10.0. The molecule has 0 aliphatic carbocycles. The Morgan fingerprint density at radius 2 is 1.92 bits per heavy atom. The number of hydrogen-bond donors (Lipinski definition) is 2. The van der Waals surface area contributed by atoms with Crippen LogP contribution in [0, 0.1) is 0 Å². The third-order valence-electron chi connectivity index (χ3n) is 4.75. The molecule has 5 nitrogen and oxygen atoms in total. The predicted molar refractivity (Wildman–Crippen MR) is 105 cm³/mol. The molecule has 0 radical (unpaired) electrons. The van der Waals surface area contributed by atoms with Gasteiger partial charge in [-0.25, -0.2) is 0 Å². The van der Waals surface area contributed by atoms with Gasteiger partial charge in [0.05, 0.1) is 17.8 Å². The average molecular weight is 364 g/mol. The Balaban J connectivity index is 1.80. The second kappa shape index (κ2) is 6.80. The van der Waals surface area contributed by atoms with Gasteiger partial charge in [0.1, 0.15) is 5.75 Å². The molecule has 0 amide bonds. The lowest BCUT2D eigenvalue weighted by Gasteiger charge is -2.27. The van der Waals surface area contributed by atoms with E-state index in [1.807, 2.05) is 48.8 Å². The molecule has 1 saturated heterocycles. The summed E-state index contributed by atoms with van der Waals surface area (Å²) in [5.74, 6) is 0.257. The second-order valence-electron chi connectivity index (χ2n) is 6.23. The number of nitrogens with zero attached hydrogens (tertiary/aromatic N) is 3. The van der Waals surface area contributed by atoms with Crippen molar-refractivity contribution >= 4 is 17.3 Å². The van der Waals surface area contributed by atoms with Gasteiger partial charge in [-0.05, 0) is 67.7 Å². The minimum Gasteiger partial charge on any atom is -0.508 e. The molecule has 2 aromatic heterocycles. The van der Waals surface area contributed by atoms with Crippen LogP contribution in [-0.4, -0.2) is 31.2 Å². The predicted octanol–water partition coefficient (Wildman–Crippen LogP) is 3.57. The molecular weight excluding hydrogens is 344 g/mol. The standard InChI is InChI=1S/C20H20N4OS/c1-2-23-19(18(22-20(23)26)16-6-3-4-12-21-16)17-7-5-13-24(17)14-8-10-15(25)11-9-14/h3-13,18-19,25H,2H2,1H3,(H,22,26)/t18-,19-/m0/s1. The second-order valence-corrected chi connectivity index (χ2v) is 6.62. The van der Waals surface area contributed by atoms with E-state index >= 15 is 0 Å². The fourth-order valence-electron chi connectivity index (χ4n) is 3.55. The fraction of sp³-hybridized carbons (Fsp3) is 0.200. The summed E-state index contributed by atoms with van der Waals surface area (Å²) >= 11 is 5.59. The van der Waals surface area contributed by atoms with E-state index in [0.717, 1.165) is 28.7 Å². The van der Waals surface area contributed by atoms with Crippen LogP contribution < -0.4 is 5.32 Å². The smallest absolute Gasteiger partial charge is 0.170 e. The average Bonchev–Trinajstić information content (AvgIpc) is 3.27. The molecule has 2 N–H and O–H groups in total. The molecule has 1 aromatic carbocycles. The highest BCUT2D eigenvalue weighted by molar-refractivity contribution is 7.80. The van der Waals surface area contributed by atoms with E-state index < -0.39 is 0 Å². The van der Waals surface area contributed by atoms with Crippen LogP contribution in [0.2, 0.25) is 0 Å². The molecule has 0 bridgehead atoms. The van der Waals surface area contributed by atoms with Crippen LogP contribution in [0.3, 0.4) is 0 Å². The minimum absolute atomic E-state index is 0.0191. The summed E-state index contributed by atoms with van der Waals surface area (Å²) in [6.07, 6.45) is 3.84. The number of thiocarbonyl (C=S) groups is 1. The highest BCUT2D eigenvalue weighted by Crippen LogP contribution is 2.39. The summed E-state index contributed by atoms with van der Waals surface area (Å²) in [4.78, 5) is 6.74. The number of phenolic OH excluding ortho intramolecular Hbond substituents is 1. The first-order chi connectivity index (χ1) is 12.7. The summed E-state index contributed by atoms with van der Waals surface area (Å²) in [5, 5.41) is 13.8. The van der Waals surface area contributed by atoms with Gasteiger partial charge in [0.25, 0.3) is 0 Å². The Bertz CT molecular complexity index is 907. The molecular formula is C20H20N4OS. The van der Waals surface area contributed by atoms with Crippen molar-refractivity contribution in [2.45, 2.75) is 19.0 Å². The van der Waals surface area contributed by atoms with Crippen molar-refractivity contribution in [2.24, 2.45) is 0 Å². The molecule has 0 unspecified atom stereocenters. The lowest BCUT2D eigenvalue weighted by molar-refractivity contribution is 0.321. The zero-order valence-electron chi connectivity index (χ0n) is 14.4. The first kappa shape index (κ1) is 16.6. The maximum Gasteiger partial charge on any atom is 0.170 e. The lowest BCUT2D eigenvalue weighted by Crippen LogP contribution is -2.30. The number of likely N-dealkylation sites (N-methyl/N-ethyl adjacent to an activating group) is 1. The molecule has 26 heavy (non-hydrogen) atoms. The Morgan fingerprint density at radius 3 is 2.62 bits per heavy atom. The quantitative estimate of drug-likeness (QED) is 0.693. The molecule has 2 atom stereocenters. The molecule has 6 heteroatoms. The van der Waals surface area contributed by atoms with E-state index in [1.54, 1.807) is 12.1 Å². The van der Waals surface area contributed by atoms with Crippen molar-refractivity contribution < 1.29 is 5.11 Å². The van der Waals surface area contributed by atoms with Crippen molar-refractivity contribution in [3.63, 3.8) is 0 Å². The van der Waals surface area contributed by atoms with E-state index in [4.69, 9.17) is 12.2 Å². The van der Waals surface area contributed by atoms with Crippen molar-refractivity contribution in [3.8, 4) is 11.4 Å². The van der Waals surface area contributed by atoms with Crippen molar-refractivity contribution in [1.82, 2.24) is 19.8 Å². The Morgan fingerprint density at radius 1 is 1.12 bits per heavy atom. The first-order valence-electron chi connectivity index (χ1n) is 8.63. The number of phenols is 1. The molecule has 4 rings (SSSR count). The maximum atomic E-state index is 9.59. The number of benzene rings is 1. The summed E-state index contributed by atoms with van der Waals surface area (Å²) in [6.45, 7) is 2.91. The molecule has 0 saturated carbocycles. The van der Waals surface area contributed by atoms with Gasteiger partial charge in [0, 0.05) is 30.3 Å². The monoisotopic (exact) mass is 364 g/mol. The number of pyridine rings is 1. The SMILES string of the molecule is CCN1C(=S)N[C@@H](c2ccccn2)[C@@H]1c1cccn1-c1ccc(O)cc1. The summed E-state index contributed by atoms with van der Waals surface area (Å²) in [5.41, 5.74) is 3.09. The summed E-state index contributed by atoms with van der Waals surface area (Å²) < 4.78 is 2.14. The van der Waals surface area contributed by atoms with Gasteiger partial charge in [-0.1, -0.05) is 6.07 Å². The van der Waals surface area contributed by atoms with Crippen LogP contribution in [0.25, 0.3) is 5.69 Å². The number of aromatic nitrogens is 2. The van der Waals surface area contributed by atoms with E-state index in [9.17, 15) is 5.11 Å². The molecule has 132 valence electrons. The Hall–Kier alpha value is -2.86. The van der Waals surface area contributed by atoms with Gasteiger partial charge in [-0.2, -0.15) is 0 Å². The minimum atomic E-state index is -0.0191. The number of hydrogen-bond acceptors (Lipinski definition) is 3.